The van der Waals surface area contributed by atoms with Crippen LogP contribution in [0.3, 0.4) is 0 Å². The Morgan fingerprint density at radius 2 is 2.12 bits per heavy atom. The van der Waals surface area contributed by atoms with Crippen molar-refractivity contribution in [2.75, 3.05) is 0 Å². The average Bonchev–Trinajstić information content (AvgIpc) is 2.83. The van der Waals surface area contributed by atoms with Gasteiger partial charge in [0.2, 0.25) is 0 Å². The van der Waals surface area contributed by atoms with Crippen molar-refractivity contribution in [3.63, 3.8) is 0 Å². The van der Waals surface area contributed by atoms with E-state index in [1.165, 1.54) is 4.88 Å². The lowest BCUT2D eigenvalue weighted by molar-refractivity contribution is 0.558. The summed E-state index contributed by atoms with van der Waals surface area (Å²) in [7, 11) is 0. The molecule has 6 heteroatoms. The number of hydrazine groups is 1. The van der Waals surface area contributed by atoms with Crippen LogP contribution in [0.1, 0.15) is 31.5 Å². The standard InChI is InChI=1S/C11H16N4S2/c1-6-7(2)16-11(14-6)4-9(15-12)10-5-13-8(3)17-10/h5,9,15H,4,12H2,1-3H3. The van der Waals surface area contributed by atoms with Crippen molar-refractivity contribution >= 4 is 22.7 Å². The zero-order chi connectivity index (χ0) is 12.4. The fourth-order valence-corrected chi connectivity index (χ4v) is 3.41. The number of hydrogen-bond acceptors (Lipinski definition) is 6. The molecule has 17 heavy (non-hydrogen) atoms. The van der Waals surface area contributed by atoms with Crippen molar-refractivity contribution in [3.8, 4) is 0 Å². The molecule has 0 fully saturated rings. The number of nitrogens with zero attached hydrogens (tertiary/aromatic N) is 2. The number of hydrogen-bond donors (Lipinski definition) is 2. The lowest BCUT2D eigenvalue weighted by Crippen LogP contribution is -2.28. The zero-order valence-electron chi connectivity index (χ0n) is 10.2. The van der Waals surface area contributed by atoms with E-state index in [2.05, 4.69) is 22.3 Å². The first-order valence-electron chi connectivity index (χ1n) is 5.41. The molecule has 0 aliphatic heterocycles. The SMILES string of the molecule is Cc1ncc(C(Cc2nc(C)c(C)s2)NN)s1. The second-order valence-corrected chi connectivity index (χ2v) is 6.51. The van der Waals surface area contributed by atoms with Crippen molar-refractivity contribution in [1.82, 2.24) is 15.4 Å². The largest absolute Gasteiger partial charge is 0.271 e. The van der Waals surface area contributed by atoms with Gasteiger partial charge in [-0.25, -0.2) is 9.97 Å². The maximum Gasteiger partial charge on any atom is 0.0950 e. The minimum atomic E-state index is 0.103. The Bertz CT molecular complexity index is 484. The Balaban J connectivity index is 2.15. The number of nitrogens with two attached hydrogens (primary N) is 1. The molecule has 2 rings (SSSR count). The van der Waals surface area contributed by atoms with Crippen LogP contribution >= 0.6 is 22.7 Å². The molecular formula is C11H16N4S2. The molecule has 0 saturated carbocycles. The topological polar surface area (TPSA) is 63.8 Å². The minimum absolute atomic E-state index is 0.103. The molecule has 3 N–H and O–H groups in total. The van der Waals surface area contributed by atoms with E-state index >= 15 is 0 Å². The van der Waals surface area contributed by atoms with Gasteiger partial charge in [-0.1, -0.05) is 0 Å². The van der Waals surface area contributed by atoms with E-state index in [1.807, 2.05) is 20.0 Å². The maximum atomic E-state index is 5.61. The van der Waals surface area contributed by atoms with Crippen molar-refractivity contribution in [2.24, 2.45) is 5.84 Å². The lowest BCUT2D eigenvalue weighted by atomic mass is 10.2. The molecule has 0 aliphatic rings. The summed E-state index contributed by atoms with van der Waals surface area (Å²) in [6, 6.07) is 0.103. The van der Waals surface area contributed by atoms with E-state index in [0.717, 1.165) is 27.0 Å². The van der Waals surface area contributed by atoms with Crippen LogP contribution < -0.4 is 11.3 Å². The Kier molecular flexibility index (Phi) is 3.88. The molecule has 0 aromatic carbocycles. The summed E-state index contributed by atoms with van der Waals surface area (Å²) in [6.45, 7) is 6.13. The highest BCUT2D eigenvalue weighted by Crippen LogP contribution is 2.26. The second kappa shape index (κ2) is 5.22. The molecular weight excluding hydrogens is 252 g/mol. The molecule has 2 aromatic heterocycles. The molecule has 92 valence electrons. The Morgan fingerprint density at radius 1 is 1.35 bits per heavy atom. The highest BCUT2D eigenvalue weighted by Gasteiger charge is 2.15. The zero-order valence-corrected chi connectivity index (χ0v) is 11.8. The first kappa shape index (κ1) is 12.6. The third-order valence-electron chi connectivity index (χ3n) is 2.64. The first-order chi connectivity index (χ1) is 8.10. The summed E-state index contributed by atoms with van der Waals surface area (Å²) < 4.78 is 0. The average molecular weight is 268 g/mol. The molecule has 1 unspecified atom stereocenters. The molecule has 0 aliphatic carbocycles. The van der Waals surface area contributed by atoms with Gasteiger partial charge in [0, 0.05) is 22.4 Å². The fourth-order valence-electron chi connectivity index (χ4n) is 1.58. The van der Waals surface area contributed by atoms with E-state index in [0.29, 0.717) is 0 Å². The third kappa shape index (κ3) is 2.90. The third-order valence-corrected chi connectivity index (χ3v) is 4.76. The molecule has 2 heterocycles. The number of rotatable bonds is 4. The van der Waals surface area contributed by atoms with E-state index in [-0.39, 0.29) is 6.04 Å². The summed E-state index contributed by atoms with van der Waals surface area (Å²) in [5.74, 6) is 5.61. The van der Waals surface area contributed by atoms with Gasteiger partial charge in [-0.3, -0.25) is 11.3 Å². The Morgan fingerprint density at radius 3 is 2.59 bits per heavy atom. The van der Waals surface area contributed by atoms with E-state index in [4.69, 9.17) is 5.84 Å². The Hall–Kier alpha value is -0.820. The van der Waals surface area contributed by atoms with Gasteiger partial charge in [0.25, 0.3) is 0 Å². The van der Waals surface area contributed by atoms with Crippen LogP contribution in [0.25, 0.3) is 0 Å². The van der Waals surface area contributed by atoms with Gasteiger partial charge in [-0.15, -0.1) is 22.7 Å². The number of nitrogens with one attached hydrogen (secondary N) is 1. The van der Waals surface area contributed by atoms with Crippen LogP contribution in [0, 0.1) is 20.8 Å². The highest BCUT2D eigenvalue weighted by molar-refractivity contribution is 7.12. The van der Waals surface area contributed by atoms with Crippen LogP contribution in [-0.2, 0) is 6.42 Å². The Labute approximate surface area is 109 Å². The monoisotopic (exact) mass is 268 g/mol. The van der Waals surface area contributed by atoms with Crippen molar-refractivity contribution < 1.29 is 0 Å². The van der Waals surface area contributed by atoms with Crippen LogP contribution in [0.4, 0.5) is 0 Å². The fraction of sp³-hybridized carbons (Fsp3) is 0.455. The molecule has 0 bridgehead atoms. The van der Waals surface area contributed by atoms with Gasteiger partial charge in [0.15, 0.2) is 0 Å². The predicted molar refractivity (Wildman–Crippen MR) is 72.2 cm³/mol. The lowest BCUT2D eigenvalue weighted by Gasteiger charge is -2.11. The second-order valence-electron chi connectivity index (χ2n) is 3.95. The van der Waals surface area contributed by atoms with E-state index in [1.54, 1.807) is 22.7 Å². The minimum Gasteiger partial charge on any atom is -0.271 e. The van der Waals surface area contributed by atoms with Gasteiger partial charge in [0.05, 0.1) is 21.8 Å². The number of aryl methyl sites for hydroxylation is 3. The summed E-state index contributed by atoms with van der Waals surface area (Å²) in [6.07, 6.45) is 2.70. The van der Waals surface area contributed by atoms with Crippen LogP contribution in [0.15, 0.2) is 6.20 Å². The predicted octanol–water partition coefficient (Wildman–Crippen LogP) is 2.27. The van der Waals surface area contributed by atoms with Gasteiger partial charge in [-0.2, -0.15) is 0 Å². The molecule has 1 atom stereocenters. The van der Waals surface area contributed by atoms with Crippen molar-refractivity contribution in [2.45, 2.75) is 33.2 Å². The molecule has 0 spiro atoms. The number of aromatic nitrogens is 2. The van der Waals surface area contributed by atoms with Gasteiger partial charge in [0.1, 0.15) is 0 Å². The van der Waals surface area contributed by atoms with E-state index in [9.17, 15) is 0 Å². The van der Waals surface area contributed by atoms with Crippen LogP contribution in [0.5, 0.6) is 0 Å². The quantitative estimate of drug-likeness (QED) is 0.659. The van der Waals surface area contributed by atoms with Gasteiger partial charge >= 0.3 is 0 Å². The highest BCUT2D eigenvalue weighted by atomic mass is 32.1. The summed E-state index contributed by atoms with van der Waals surface area (Å²) >= 11 is 3.41. The smallest absolute Gasteiger partial charge is 0.0950 e. The van der Waals surface area contributed by atoms with Gasteiger partial charge in [-0.05, 0) is 20.8 Å². The van der Waals surface area contributed by atoms with Crippen LogP contribution in [0.2, 0.25) is 0 Å². The molecule has 0 saturated heterocycles. The summed E-state index contributed by atoms with van der Waals surface area (Å²) in [5, 5.41) is 2.18. The number of thiazole rings is 2. The maximum absolute atomic E-state index is 5.61. The molecule has 2 aromatic rings. The van der Waals surface area contributed by atoms with Gasteiger partial charge < -0.3 is 0 Å². The summed E-state index contributed by atoms with van der Waals surface area (Å²) in [4.78, 5) is 11.2. The normalized spacial score (nSPS) is 12.9. The molecule has 0 amide bonds. The summed E-state index contributed by atoms with van der Waals surface area (Å²) in [5.41, 5.74) is 3.96. The van der Waals surface area contributed by atoms with E-state index < -0.39 is 0 Å². The van der Waals surface area contributed by atoms with Crippen molar-refractivity contribution in [1.29, 1.82) is 0 Å². The molecule has 4 nitrogen and oxygen atoms in total. The van der Waals surface area contributed by atoms with Crippen LogP contribution in [-0.4, -0.2) is 9.97 Å². The van der Waals surface area contributed by atoms with Crippen molar-refractivity contribution in [3.05, 3.63) is 31.7 Å². The first-order valence-corrected chi connectivity index (χ1v) is 7.05. The molecule has 0 radical (unpaired) electrons.